The fourth-order valence-corrected chi connectivity index (χ4v) is 4.69. The predicted molar refractivity (Wildman–Crippen MR) is 158 cm³/mol. The van der Waals surface area contributed by atoms with Gasteiger partial charge in [0.05, 0.1) is 29.4 Å². The Kier molecular flexibility index (Phi) is 8.07. The summed E-state index contributed by atoms with van der Waals surface area (Å²) in [5.74, 6) is -0.512. The molecule has 7 nitrogen and oxygen atoms in total. The van der Waals surface area contributed by atoms with Crippen LogP contribution in [0.4, 0.5) is 0 Å². The number of nitrogens with one attached hydrogen (secondary N) is 2. The normalized spacial score (nSPS) is 11.1. The third-order valence-electron chi connectivity index (χ3n) is 6.00. The van der Waals surface area contributed by atoms with Crippen LogP contribution in [0.3, 0.4) is 0 Å². The minimum absolute atomic E-state index is 0.225. The van der Waals surface area contributed by atoms with E-state index in [1.807, 2.05) is 30.3 Å². The zero-order valence-corrected chi connectivity index (χ0v) is 23.1. The van der Waals surface area contributed by atoms with Gasteiger partial charge in [-0.1, -0.05) is 65.1 Å². The molecule has 0 aliphatic heterocycles. The smallest absolute Gasteiger partial charge is 0.343 e. The average molecular weight is 593 g/mol. The summed E-state index contributed by atoms with van der Waals surface area (Å²) >= 11 is 18.8. The molecule has 5 aromatic rings. The maximum atomic E-state index is 13.2. The topological polar surface area (TPSA) is 92.8 Å². The fraction of sp³-hybridized carbons (Fsp3) is 0.0333. The van der Waals surface area contributed by atoms with Gasteiger partial charge >= 0.3 is 5.97 Å². The number of hydrogen-bond acceptors (Lipinski definition) is 5. The quantitative estimate of drug-likeness (QED) is 0.0873. The molecule has 0 aliphatic carbocycles. The van der Waals surface area contributed by atoms with Gasteiger partial charge in [-0.25, -0.2) is 10.2 Å². The van der Waals surface area contributed by atoms with E-state index >= 15 is 0 Å². The molecular formula is C30H20Cl3N3O4. The number of carbonyl (C=O) groups excluding carboxylic acids is 2. The molecule has 1 heterocycles. The van der Waals surface area contributed by atoms with E-state index in [1.54, 1.807) is 54.6 Å². The second-order valence-corrected chi connectivity index (χ2v) is 9.77. The summed E-state index contributed by atoms with van der Waals surface area (Å²) in [7, 11) is 1.45. The number of ether oxygens (including phenoxy) is 2. The number of methoxy groups -OCH3 is 1. The van der Waals surface area contributed by atoms with Gasteiger partial charge < -0.3 is 14.5 Å². The minimum Gasteiger partial charge on any atom is -0.493 e. The van der Waals surface area contributed by atoms with Crippen LogP contribution in [0, 0.1) is 0 Å². The number of fused-ring (bicyclic) bond motifs is 1. The van der Waals surface area contributed by atoms with Gasteiger partial charge in [-0.2, -0.15) is 5.10 Å². The number of rotatable bonds is 7. The van der Waals surface area contributed by atoms with E-state index in [1.165, 1.54) is 13.3 Å². The second-order valence-electron chi connectivity index (χ2n) is 8.52. The van der Waals surface area contributed by atoms with E-state index in [2.05, 4.69) is 15.5 Å². The number of carbonyl (C=O) groups is 2. The first-order valence-corrected chi connectivity index (χ1v) is 13.0. The molecule has 0 spiro atoms. The van der Waals surface area contributed by atoms with Crippen molar-refractivity contribution in [1.29, 1.82) is 0 Å². The first-order chi connectivity index (χ1) is 19.4. The van der Waals surface area contributed by atoms with Crippen molar-refractivity contribution in [3.05, 3.63) is 117 Å². The van der Waals surface area contributed by atoms with Crippen LogP contribution in [0.2, 0.25) is 15.1 Å². The number of aromatic amines is 1. The number of aromatic nitrogens is 1. The molecule has 0 unspecified atom stereocenters. The van der Waals surface area contributed by atoms with Gasteiger partial charge in [0, 0.05) is 26.6 Å². The Balaban J connectivity index is 1.37. The first kappa shape index (κ1) is 27.3. The highest BCUT2D eigenvalue weighted by atomic mass is 35.5. The Labute approximate surface area is 244 Å². The molecule has 10 heteroatoms. The van der Waals surface area contributed by atoms with E-state index in [-0.39, 0.29) is 11.4 Å². The number of benzene rings is 4. The molecule has 40 heavy (non-hydrogen) atoms. The maximum absolute atomic E-state index is 13.2. The molecule has 0 fully saturated rings. The Bertz CT molecular complexity index is 1760. The summed E-state index contributed by atoms with van der Waals surface area (Å²) in [4.78, 5) is 28.8. The molecule has 0 saturated carbocycles. The highest BCUT2D eigenvalue weighted by molar-refractivity contribution is 6.37. The number of esters is 1. The fourth-order valence-electron chi connectivity index (χ4n) is 4.11. The summed E-state index contributed by atoms with van der Waals surface area (Å²) in [6.45, 7) is 0. The monoisotopic (exact) mass is 591 g/mol. The van der Waals surface area contributed by atoms with Crippen molar-refractivity contribution in [2.75, 3.05) is 7.11 Å². The van der Waals surface area contributed by atoms with E-state index in [0.717, 1.165) is 5.39 Å². The number of halogens is 3. The van der Waals surface area contributed by atoms with Gasteiger partial charge in [-0.15, -0.1) is 0 Å². The molecule has 1 amide bonds. The summed E-state index contributed by atoms with van der Waals surface area (Å²) in [6.07, 6.45) is 1.44. The van der Waals surface area contributed by atoms with Crippen molar-refractivity contribution >= 4 is 63.8 Å². The molecule has 2 N–H and O–H groups in total. The Morgan fingerprint density at radius 2 is 1.62 bits per heavy atom. The van der Waals surface area contributed by atoms with E-state index in [0.29, 0.717) is 48.6 Å². The van der Waals surface area contributed by atoms with Gasteiger partial charge in [0.25, 0.3) is 5.91 Å². The zero-order chi connectivity index (χ0) is 28.2. The lowest BCUT2D eigenvalue weighted by Crippen LogP contribution is -2.19. The molecule has 0 saturated heterocycles. The van der Waals surface area contributed by atoms with E-state index in [9.17, 15) is 9.59 Å². The van der Waals surface area contributed by atoms with Crippen molar-refractivity contribution in [2.24, 2.45) is 5.10 Å². The lowest BCUT2D eigenvalue weighted by atomic mass is 10.0. The van der Waals surface area contributed by atoms with Crippen molar-refractivity contribution in [1.82, 2.24) is 10.4 Å². The largest absolute Gasteiger partial charge is 0.493 e. The van der Waals surface area contributed by atoms with Crippen molar-refractivity contribution in [3.8, 4) is 22.6 Å². The number of amides is 1. The van der Waals surface area contributed by atoms with Crippen LogP contribution in [-0.2, 0) is 0 Å². The van der Waals surface area contributed by atoms with Crippen LogP contribution in [0.15, 0.2) is 90.0 Å². The number of hydrogen-bond donors (Lipinski definition) is 2. The predicted octanol–water partition coefficient (Wildman–Crippen LogP) is 7.79. The average Bonchev–Trinajstić information content (AvgIpc) is 3.35. The molecule has 0 aliphatic rings. The molecule has 0 bridgehead atoms. The van der Waals surface area contributed by atoms with Crippen LogP contribution in [-0.4, -0.2) is 30.2 Å². The standard InChI is InChI=1S/C30H20Cl3N3O4/c1-39-25-15-17(9-14-24(25)40-30(38)18-10-12-19(31)13-11-18)16-34-36-29(37)28-26(20-5-2-3-7-22(20)32)21-6-4-8-23(33)27(21)35-28/h2-16,35H,1H3,(H,36,37). The van der Waals surface area contributed by atoms with Gasteiger partial charge in [-0.3, -0.25) is 4.79 Å². The molecule has 1 aromatic heterocycles. The van der Waals surface area contributed by atoms with Crippen molar-refractivity contribution in [2.45, 2.75) is 0 Å². The Hall–Kier alpha value is -4.30. The summed E-state index contributed by atoms with van der Waals surface area (Å²) in [5.41, 5.74) is 5.65. The van der Waals surface area contributed by atoms with Crippen LogP contribution < -0.4 is 14.9 Å². The van der Waals surface area contributed by atoms with Crippen LogP contribution in [0.25, 0.3) is 22.0 Å². The third kappa shape index (κ3) is 5.67. The lowest BCUT2D eigenvalue weighted by Gasteiger charge is -2.10. The van der Waals surface area contributed by atoms with Crippen LogP contribution in [0.1, 0.15) is 26.4 Å². The van der Waals surface area contributed by atoms with Gasteiger partial charge in [0.15, 0.2) is 11.5 Å². The summed E-state index contributed by atoms with van der Waals surface area (Å²) < 4.78 is 10.9. The second kappa shape index (κ2) is 11.8. The third-order valence-corrected chi connectivity index (χ3v) is 6.90. The minimum atomic E-state index is -0.559. The van der Waals surface area contributed by atoms with Crippen LogP contribution >= 0.6 is 34.8 Å². The lowest BCUT2D eigenvalue weighted by molar-refractivity contribution is 0.0729. The molecule has 5 rings (SSSR count). The number of nitrogens with zero attached hydrogens (tertiary/aromatic N) is 1. The highest BCUT2D eigenvalue weighted by Gasteiger charge is 2.22. The van der Waals surface area contributed by atoms with E-state index < -0.39 is 11.9 Å². The number of H-pyrrole nitrogens is 1. The summed E-state index contributed by atoms with van der Waals surface area (Å²) in [6, 6.07) is 23.9. The number of hydrazone groups is 1. The van der Waals surface area contributed by atoms with Crippen molar-refractivity contribution < 1.29 is 19.1 Å². The van der Waals surface area contributed by atoms with Gasteiger partial charge in [-0.05, 0) is 60.2 Å². The Morgan fingerprint density at radius 3 is 2.38 bits per heavy atom. The SMILES string of the molecule is COc1cc(C=NNC(=O)c2[nH]c3c(Cl)cccc3c2-c2ccccc2Cl)ccc1OC(=O)c1ccc(Cl)cc1. The maximum Gasteiger partial charge on any atom is 0.343 e. The molecular weight excluding hydrogens is 573 g/mol. The zero-order valence-electron chi connectivity index (χ0n) is 20.9. The van der Waals surface area contributed by atoms with E-state index in [4.69, 9.17) is 44.3 Å². The van der Waals surface area contributed by atoms with Crippen LogP contribution in [0.5, 0.6) is 11.5 Å². The van der Waals surface area contributed by atoms with Crippen molar-refractivity contribution in [3.63, 3.8) is 0 Å². The summed E-state index contributed by atoms with van der Waals surface area (Å²) in [5, 5.41) is 6.33. The first-order valence-electron chi connectivity index (χ1n) is 11.9. The molecule has 4 aromatic carbocycles. The highest BCUT2D eigenvalue weighted by Crippen LogP contribution is 2.38. The Morgan fingerprint density at radius 1 is 0.875 bits per heavy atom. The van der Waals surface area contributed by atoms with Gasteiger partial charge in [0.2, 0.25) is 0 Å². The van der Waals surface area contributed by atoms with Gasteiger partial charge in [0.1, 0.15) is 5.69 Å². The molecule has 0 atom stereocenters. The number of para-hydroxylation sites is 1. The molecule has 0 radical (unpaired) electrons. The molecule has 200 valence electrons.